The van der Waals surface area contributed by atoms with E-state index in [1.54, 1.807) is 0 Å². The van der Waals surface area contributed by atoms with Crippen LogP contribution in [0.5, 0.6) is 0 Å². The van der Waals surface area contributed by atoms with Crippen molar-refractivity contribution in [3.8, 4) is 0 Å². The maximum atomic E-state index is 12.9. The fourth-order valence-corrected chi connectivity index (χ4v) is 10.3. The Kier molecular flexibility index (Phi) is 61.1. The molecule has 0 aromatic rings. The lowest BCUT2D eigenvalue weighted by Gasteiger charge is -2.18. The van der Waals surface area contributed by atoms with Crippen LogP contribution in [0.25, 0.3) is 0 Å². The summed E-state index contributed by atoms with van der Waals surface area (Å²) in [7, 11) is 0. The van der Waals surface area contributed by atoms with Crippen molar-refractivity contribution >= 4 is 17.9 Å². The molecule has 0 spiro atoms. The van der Waals surface area contributed by atoms with Gasteiger partial charge in [0.25, 0.3) is 0 Å². The van der Waals surface area contributed by atoms with Crippen LogP contribution in [0.3, 0.4) is 0 Å². The highest BCUT2D eigenvalue weighted by Gasteiger charge is 2.19. The average molecular weight is 1030 g/mol. The third-order valence-corrected chi connectivity index (χ3v) is 15.3. The third-order valence-electron chi connectivity index (χ3n) is 15.3. The molecule has 6 heteroatoms. The maximum absolute atomic E-state index is 12.9. The molecule has 0 saturated heterocycles. The summed E-state index contributed by atoms with van der Waals surface area (Å²) >= 11 is 0. The zero-order chi connectivity index (χ0) is 52.9. The second-order valence-corrected chi connectivity index (χ2v) is 22.7. The molecule has 0 bridgehead atoms. The number of esters is 3. The van der Waals surface area contributed by atoms with Crippen LogP contribution in [0, 0.1) is 0 Å². The number of carbonyl (C=O) groups excluding carboxylic acids is 3. The van der Waals surface area contributed by atoms with Gasteiger partial charge in [0.15, 0.2) is 6.10 Å². The number of unbranched alkanes of at least 4 members (excludes halogenated alkanes) is 49. The molecule has 6 nitrogen and oxygen atoms in total. The fraction of sp³-hybridized carbons (Fsp3) is 0.925. The predicted octanol–water partition coefficient (Wildman–Crippen LogP) is 22.4. The summed E-state index contributed by atoms with van der Waals surface area (Å²) in [6, 6.07) is 0. The molecule has 0 aliphatic heterocycles. The molecule has 0 amide bonds. The Bertz CT molecular complexity index is 1130. The van der Waals surface area contributed by atoms with E-state index >= 15 is 0 Å². The van der Waals surface area contributed by atoms with E-state index in [-0.39, 0.29) is 31.1 Å². The lowest BCUT2D eigenvalue weighted by atomic mass is 10.0. The van der Waals surface area contributed by atoms with Crippen molar-refractivity contribution in [2.75, 3.05) is 13.2 Å². The van der Waals surface area contributed by atoms with Crippen LogP contribution in [0.1, 0.15) is 380 Å². The minimum Gasteiger partial charge on any atom is -0.462 e. The minimum atomic E-state index is -0.769. The summed E-state index contributed by atoms with van der Waals surface area (Å²) in [6.07, 6.45) is 73.7. The SMILES string of the molecule is CCCCCC/C=C\CCCCCCCC(=O)OCC(COC(=O)CCCCCCCCCCCCCCCCCCCCCCCCC)OC(=O)CCCCCCCCCCCCCCCCCCCCC. The quantitative estimate of drug-likeness (QED) is 0.0261. The summed E-state index contributed by atoms with van der Waals surface area (Å²) in [5.41, 5.74) is 0. The van der Waals surface area contributed by atoms with Gasteiger partial charge in [-0.2, -0.15) is 0 Å². The van der Waals surface area contributed by atoms with Crippen LogP contribution in [0.4, 0.5) is 0 Å². The van der Waals surface area contributed by atoms with Crippen molar-refractivity contribution in [1.82, 2.24) is 0 Å². The van der Waals surface area contributed by atoms with Gasteiger partial charge in [0.1, 0.15) is 13.2 Å². The number of allylic oxidation sites excluding steroid dienone is 2. The van der Waals surface area contributed by atoms with Crippen LogP contribution in [-0.2, 0) is 28.6 Å². The zero-order valence-corrected chi connectivity index (χ0v) is 49.7. The van der Waals surface area contributed by atoms with Crippen LogP contribution >= 0.6 is 0 Å². The van der Waals surface area contributed by atoms with Crippen molar-refractivity contribution < 1.29 is 28.6 Å². The Morgan fingerprint density at radius 3 is 0.699 bits per heavy atom. The second-order valence-electron chi connectivity index (χ2n) is 22.7. The first-order valence-corrected chi connectivity index (χ1v) is 33.2. The number of hydrogen-bond acceptors (Lipinski definition) is 6. The van der Waals surface area contributed by atoms with E-state index in [1.165, 1.54) is 276 Å². The van der Waals surface area contributed by atoms with E-state index in [2.05, 4.69) is 32.9 Å². The molecule has 432 valence electrons. The molecule has 0 aromatic heterocycles. The first-order valence-electron chi connectivity index (χ1n) is 33.2. The Morgan fingerprint density at radius 2 is 0.452 bits per heavy atom. The van der Waals surface area contributed by atoms with Crippen LogP contribution < -0.4 is 0 Å². The highest BCUT2D eigenvalue weighted by Crippen LogP contribution is 2.19. The monoisotopic (exact) mass is 1030 g/mol. The summed E-state index contributed by atoms with van der Waals surface area (Å²) in [5.74, 6) is -0.843. The molecule has 1 unspecified atom stereocenters. The fourth-order valence-electron chi connectivity index (χ4n) is 10.3. The smallest absolute Gasteiger partial charge is 0.306 e. The van der Waals surface area contributed by atoms with Gasteiger partial charge in [-0.05, 0) is 44.9 Å². The molecule has 0 fully saturated rings. The molecule has 0 aromatic carbocycles. The predicted molar refractivity (Wildman–Crippen MR) is 317 cm³/mol. The molecule has 0 heterocycles. The van der Waals surface area contributed by atoms with E-state index in [4.69, 9.17) is 14.2 Å². The Labute approximate surface area is 456 Å². The van der Waals surface area contributed by atoms with E-state index in [0.29, 0.717) is 19.3 Å². The molecule has 73 heavy (non-hydrogen) atoms. The molecular weight excluding hydrogens is 901 g/mol. The highest BCUT2D eigenvalue weighted by molar-refractivity contribution is 5.71. The van der Waals surface area contributed by atoms with Gasteiger partial charge in [-0.1, -0.05) is 328 Å². The van der Waals surface area contributed by atoms with Crippen molar-refractivity contribution in [2.24, 2.45) is 0 Å². The summed E-state index contributed by atoms with van der Waals surface area (Å²) < 4.78 is 17.0. The van der Waals surface area contributed by atoms with Gasteiger partial charge in [0, 0.05) is 19.3 Å². The van der Waals surface area contributed by atoms with Crippen molar-refractivity contribution in [3.05, 3.63) is 12.2 Å². The summed E-state index contributed by atoms with van der Waals surface area (Å²) in [5, 5.41) is 0. The second kappa shape index (κ2) is 62.7. The summed E-state index contributed by atoms with van der Waals surface area (Å²) in [4.78, 5) is 38.3. The standard InChI is InChI=1S/C67H128O6/c1-4-7-10-13-16-19-22-25-27-29-31-32-33-34-36-37-39-42-45-48-51-54-57-60-66(69)72-63-64(62-71-65(68)59-56-53-50-47-44-41-24-21-18-15-12-9-6-3)73-67(70)61-58-55-52-49-46-43-40-38-35-30-28-26-23-20-17-14-11-8-5-2/h21,24,64H,4-20,22-23,25-63H2,1-3H3/b24-21-. The van der Waals surface area contributed by atoms with Gasteiger partial charge in [-0.15, -0.1) is 0 Å². The Morgan fingerprint density at radius 1 is 0.260 bits per heavy atom. The van der Waals surface area contributed by atoms with Crippen LogP contribution in [-0.4, -0.2) is 37.2 Å². The minimum absolute atomic E-state index is 0.0659. The highest BCUT2D eigenvalue weighted by atomic mass is 16.6. The van der Waals surface area contributed by atoms with Gasteiger partial charge in [-0.25, -0.2) is 0 Å². The number of ether oxygens (including phenoxy) is 3. The topological polar surface area (TPSA) is 78.9 Å². The zero-order valence-electron chi connectivity index (χ0n) is 49.7. The molecule has 0 aliphatic carbocycles. The molecule has 0 rings (SSSR count). The van der Waals surface area contributed by atoms with E-state index in [1.807, 2.05) is 0 Å². The molecule has 0 radical (unpaired) electrons. The summed E-state index contributed by atoms with van der Waals surface area (Å²) in [6.45, 7) is 6.70. The van der Waals surface area contributed by atoms with E-state index in [0.717, 1.165) is 64.2 Å². The third kappa shape index (κ3) is 60.9. The first-order chi connectivity index (χ1) is 36.0. The van der Waals surface area contributed by atoms with Crippen molar-refractivity contribution in [1.29, 1.82) is 0 Å². The van der Waals surface area contributed by atoms with E-state index in [9.17, 15) is 14.4 Å². The number of hydrogen-bond donors (Lipinski definition) is 0. The molecule has 0 aliphatic rings. The number of rotatable bonds is 62. The van der Waals surface area contributed by atoms with Gasteiger partial charge in [0.05, 0.1) is 0 Å². The lowest BCUT2D eigenvalue weighted by molar-refractivity contribution is -0.167. The van der Waals surface area contributed by atoms with Gasteiger partial charge in [-0.3, -0.25) is 14.4 Å². The average Bonchev–Trinajstić information content (AvgIpc) is 3.39. The molecule has 1 atom stereocenters. The van der Waals surface area contributed by atoms with Crippen LogP contribution in [0.2, 0.25) is 0 Å². The molecule has 0 N–H and O–H groups in total. The Balaban J connectivity index is 4.23. The largest absolute Gasteiger partial charge is 0.462 e. The van der Waals surface area contributed by atoms with Gasteiger partial charge < -0.3 is 14.2 Å². The lowest BCUT2D eigenvalue weighted by Crippen LogP contribution is -2.30. The molecular formula is C67H128O6. The van der Waals surface area contributed by atoms with Gasteiger partial charge in [0.2, 0.25) is 0 Å². The maximum Gasteiger partial charge on any atom is 0.306 e. The molecule has 0 saturated carbocycles. The van der Waals surface area contributed by atoms with E-state index < -0.39 is 6.10 Å². The normalized spacial score (nSPS) is 12.0. The number of carbonyl (C=O) groups is 3. The first kappa shape index (κ1) is 71.2. The Hall–Kier alpha value is -1.85. The van der Waals surface area contributed by atoms with Crippen molar-refractivity contribution in [3.63, 3.8) is 0 Å². The van der Waals surface area contributed by atoms with Crippen LogP contribution in [0.15, 0.2) is 12.2 Å². The van der Waals surface area contributed by atoms with Crippen molar-refractivity contribution in [2.45, 2.75) is 386 Å². The van der Waals surface area contributed by atoms with Gasteiger partial charge >= 0.3 is 17.9 Å².